The van der Waals surface area contributed by atoms with E-state index in [-0.39, 0.29) is 24.3 Å². The average molecular weight is 422 g/mol. The van der Waals surface area contributed by atoms with Crippen LogP contribution in [0.25, 0.3) is 0 Å². The van der Waals surface area contributed by atoms with Crippen LogP contribution in [0.15, 0.2) is 41.4 Å². The van der Waals surface area contributed by atoms with E-state index in [2.05, 4.69) is 19.2 Å². The van der Waals surface area contributed by atoms with Crippen LogP contribution in [0.5, 0.6) is 0 Å². The number of aryl methyl sites for hydroxylation is 4. The molecule has 0 unspecified atom stereocenters. The third-order valence-electron chi connectivity index (χ3n) is 5.63. The minimum absolute atomic E-state index is 0.00111. The number of nitrogens with one attached hydrogen (secondary N) is 1. The van der Waals surface area contributed by atoms with Crippen LogP contribution in [0.3, 0.4) is 0 Å². The van der Waals surface area contributed by atoms with Gasteiger partial charge < -0.3 is 5.32 Å². The number of amidine groups is 1. The fourth-order valence-electron chi connectivity index (χ4n) is 3.51. The molecule has 2 aromatic carbocycles. The Labute approximate surface area is 182 Å². The summed E-state index contributed by atoms with van der Waals surface area (Å²) in [6.07, 6.45) is 2.14. The first-order valence-corrected chi connectivity index (χ1v) is 11.2. The normalized spacial score (nSPS) is 20.1. The van der Waals surface area contributed by atoms with Crippen molar-refractivity contribution in [3.63, 3.8) is 0 Å². The standard InChI is InChI=1S/C24H27N3O2S/c1-14-5-6-16(3)20(11-14)26-22(28)13-21-23(29)27(19-9-10-19)24(30-21)25-18-8-7-15(2)17(4)12-18/h5-8,11-12,19,21H,9-10,13H2,1-4H3,(H,26,28)/t21-/m0/s1. The van der Waals surface area contributed by atoms with E-state index < -0.39 is 5.25 Å². The fourth-order valence-corrected chi connectivity index (χ4v) is 4.72. The van der Waals surface area contributed by atoms with Gasteiger partial charge in [-0.15, -0.1) is 0 Å². The first kappa shape index (κ1) is 20.7. The lowest BCUT2D eigenvalue weighted by atomic mass is 10.1. The van der Waals surface area contributed by atoms with Crippen molar-refractivity contribution in [3.8, 4) is 0 Å². The Kier molecular flexibility index (Phi) is 5.69. The predicted octanol–water partition coefficient (Wildman–Crippen LogP) is 5.04. The van der Waals surface area contributed by atoms with Crippen molar-refractivity contribution in [3.05, 3.63) is 58.7 Å². The first-order chi connectivity index (χ1) is 14.3. The number of aliphatic imine (C=N–C) groups is 1. The first-order valence-electron chi connectivity index (χ1n) is 10.3. The summed E-state index contributed by atoms with van der Waals surface area (Å²) in [6, 6.07) is 12.3. The minimum atomic E-state index is -0.430. The number of rotatable bonds is 5. The maximum atomic E-state index is 13.1. The Bertz CT molecular complexity index is 1040. The Hall–Kier alpha value is -2.60. The molecule has 1 N–H and O–H groups in total. The predicted molar refractivity (Wildman–Crippen MR) is 123 cm³/mol. The van der Waals surface area contributed by atoms with Gasteiger partial charge in [0.05, 0.1) is 5.69 Å². The molecular formula is C24H27N3O2S. The zero-order chi connectivity index (χ0) is 21.4. The number of benzene rings is 2. The lowest BCUT2D eigenvalue weighted by molar-refractivity contribution is -0.128. The maximum absolute atomic E-state index is 13.1. The van der Waals surface area contributed by atoms with E-state index in [0.717, 1.165) is 40.5 Å². The highest BCUT2D eigenvalue weighted by molar-refractivity contribution is 8.15. The number of hydrogen-bond acceptors (Lipinski definition) is 4. The van der Waals surface area contributed by atoms with Crippen LogP contribution in [0.1, 0.15) is 41.5 Å². The zero-order valence-electron chi connectivity index (χ0n) is 17.9. The summed E-state index contributed by atoms with van der Waals surface area (Å²) in [5.74, 6) is -0.140. The summed E-state index contributed by atoms with van der Waals surface area (Å²) in [5, 5.41) is 3.26. The Morgan fingerprint density at radius 3 is 2.50 bits per heavy atom. The molecule has 30 heavy (non-hydrogen) atoms. The summed E-state index contributed by atoms with van der Waals surface area (Å²) in [4.78, 5) is 32.3. The van der Waals surface area contributed by atoms with Crippen LogP contribution in [-0.4, -0.2) is 33.2 Å². The van der Waals surface area contributed by atoms with E-state index in [0.29, 0.717) is 0 Å². The van der Waals surface area contributed by atoms with Gasteiger partial charge in [-0.3, -0.25) is 14.5 Å². The number of anilines is 1. The monoisotopic (exact) mass is 421 g/mol. The quantitative estimate of drug-likeness (QED) is 0.735. The smallest absolute Gasteiger partial charge is 0.242 e. The summed E-state index contributed by atoms with van der Waals surface area (Å²) in [7, 11) is 0. The molecule has 2 aromatic rings. The molecule has 1 aliphatic carbocycles. The molecular weight excluding hydrogens is 394 g/mol. The molecule has 1 saturated carbocycles. The van der Waals surface area contributed by atoms with Gasteiger partial charge in [-0.1, -0.05) is 30.0 Å². The van der Waals surface area contributed by atoms with Crippen molar-refractivity contribution in [1.29, 1.82) is 0 Å². The van der Waals surface area contributed by atoms with E-state index in [4.69, 9.17) is 4.99 Å². The average Bonchev–Trinajstić information content (AvgIpc) is 3.47. The molecule has 2 fully saturated rings. The van der Waals surface area contributed by atoms with Gasteiger partial charge in [0.2, 0.25) is 11.8 Å². The second-order valence-corrected chi connectivity index (χ2v) is 9.45. The molecule has 1 atom stereocenters. The van der Waals surface area contributed by atoms with Gasteiger partial charge in [0.15, 0.2) is 5.17 Å². The number of carbonyl (C=O) groups is 2. The molecule has 5 nitrogen and oxygen atoms in total. The zero-order valence-corrected chi connectivity index (χ0v) is 18.7. The van der Waals surface area contributed by atoms with Gasteiger partial charge in [-0.05, 0) is 81.0 Å². The molecule has 2 amide bonds. The summed E-state index contributed by atoms with van der Waals surface area (Å²) in [5.41, 5.74) is 6.14. The molecule has 156 valence electrons. The Morgan fingerprint density at radius 2 is 1.80 bits per heavy atom. The lowest BCUT2D eigenvalue weighted by Gasteiger charge is -2.15. The molecule has 0 spiro atoms. The van der Waals surface area contributed by atoms with Crippen LogP contribution < -0.4 is 5.32 Å². The summed E-state index contributed by atoms with van der Waals surface area (Å²) >= 11 is 1.41. The largest absolute Gasteiger partial charge is 0.326 e. The van der Waals surface area contributed by atoms with Crippen molar-refractivity contribution < 1.29 is 9.59 Å². The molecule has 0 radical (unpaired) electrons. The van der Waals surface area contributed by atoms with Gasteiger partial charge in [0.25, 0.3) is 0 Å². The minimum Gasteiger partial charge on any atom is -0.326 e. The second kappa shape index (κ2) is 8.26. The summed E-state index contributed by atoms with van der Waals surface area (Å²) in [6.45, 7) is 8.09. The van der Waals surface area contributed by atoms with Crippen LogP contribution in [0, 0.1) is 27.7 Å². The van der Waals surface area contributed by atoms with E-state index in [1.807, 2.05) is 55.1 Å². The number of thioether (sulfide) groups is 1. The SMILES string of the molecule is Cc1ccc(C)c(NC(=O)C[C@@H]2SC(=Nc3ccc(C)c(C)c3)N(C3CC3)C2=O)c1. The van der Waals surface area contributed by atoms with Gasteiger partial charge in [-0.25, -0.2) is 4.99 Å². The van der Waals surface area contributed by atoms with Crippen molar-refractivity contribution in [2.45, 2.75) is 58.2 Å². The Morgan fingerprint density at radius 1 is 1.07 bits per heavy atom. The lowest BCUT2D eigenvalue weighted by Crippen LogP contribution is -2.35. The Balaban J connectivity index is 1.51. The summed E-state index contributed by atoms with van der Waals surface area (Å²) < 4.78 is 0. The highest BCUT2D eigenvalue weighted by Gasteiger charge is 2.46. The van der Waals surface area contributed by atoms with E-state index in [9.17, 15) is 9.59 Å². The van der Waals surface area contributed by atoms with Gasteiger partial charge in [0.1, 0.15) is 5.25 Å². The highest BCUT2D eigenvalue weighted by Crippen LogP contribution is 2.39. The van der Waals surface area contributed by atoms with Gasteiger partial charge in [0, 0.05) is 18.2 Å². The van der Waals surface area contributed by atoms with E-state index in [1.165, 1.54) is 22.9 Å². The third-order valence-corrected chi connectivity index (χ3v) is 6.78. The maximum Gasteiger partial charge on any atom is 0.242 e. The van der Waals surface area contributed by atoms with Crippen molar-refractivity contribution in [2.24, 2.45) is 4.99 Å². The van der Waals surface area contributed by atoms with E-state index >= 15 is 0 Å². The number of carbonyl (C=O) groups excluding carboxylic acids is 2. The van der Waals surface area contributed by atoms with Crippen molar-refractivity contribution >= 4 is 40.1 Å². The number of nitrogens with zero attached hydrogens (tertiary/aromatic N) is 2. The van der Waals surface area contributed by atoms with Crippen LogP contribution in [0.2, 0.25) is 0 Å². The molecule has 0 aromatic heterocycles. The highest BCUT2D eigenvalue weighted by atomic mass is 32.2. The van der Waals surface area contributed by atoms with Crippen molar-refractivity contribution in [1.82, 2.24) is 4.90 Å². The molecule has 2 aliphatic rings. The van der Waals surface area contributed by atoms with Gasteiger partial charge in [-0.2, -0.15) is 0 Å². The van der Waals surface area contributed by atoms with Gasteiger partial charge >= 0.3 is 0 Å². The topological polar surface area (TPSA) is 61.8 Å². The van der Waals surface area contributed by atoms with Crippen LogP contribution >= 0.6 is 11.8 Å². The van der Waals surface area contributed by atoms with E-state index in [1.54, 1.807) is 0 Å². The second-order valence-electron chi connectivity index (χ2n) is 8.28. The number of hydrogen-bond donors (Lipinski definition) is 1. The third kappa shape index (κ3) is 4.43. The molecule has 0 bridgehead atoms. The molecule has 1 saturated heterocycles. The van der Waals surface area contributed by atoms with Crippen LogP contribution in [-0.2, 0) is 9.59 Å². The molecule has 1 heterocycles. The van der Waals surface area contributed by atoms with Crippen LogP contribution in [0.4, 0.5) is 11.4 Å². The molecule has 4 rings (SSSR count). The molecule has 1 aliphatic heterocycles. The van der Waals surface area contributed by atoms with Crippen molar-refractivity contribution in [2.75, 3.05) is 5.32 Å². The number of amides is 2. The fraction of sp³-hybridized carbons (Fsp3) is 0.375. The molecule has 6 heteroatoms.